The van der Waals surface area contributed by atoms with Crippen LogP contribution >= 0.6 is 0 Å². The van der Waals surface area contributed by atoms with Crippen LogP contribution in [-0.2, 0) is 4.79 Å². The molecule has 0 bridgehead atoms. The molecule has 0 aliphatic heterocycles. The van der Waals surface area contributed by atoms with Crippen molar-refractivity contribution in [1.82, 2.24) is 5.32 Å². The molecule has 4 saturated carbocycles. The Hall–Kier alpha value is -0.670. The summed E-state index contributed by atoms with van der Waals surface area (Å²) in [4.78, 5) is 12.7. The van der Waals surface area contributed by atoms with Gasteiger partial charge in [0.25, 0.3) is 0 Å². The summed E-state index contributed by atoms with van der Waals surface area (Å²) in [7, 11) is 2.04. The van der Waals surface area contributed by atoms with Gasteiger partial charge in [-0.1, -0.05) is 33.8 Å². The highest BCUT2D eigenvalue weighted by Gasteiger charge is 2.82. The van der Waals surface area contributed by atoms with Gasteiger partial charge in [-0.2, -0.15) is 0 Å². The van der Waals surface area contributed by atoms with E-state index in [4.69, 9.17) is 0 Å². The van der Waals surface area contributed by atoms with Gasteiger partial charge in [0.2, 0.25) is 0 Å². The Morgan fingerprint density at radius 2 is 1.79 bits per heavy atom. The van der Waals surface area contributed by atoms with Crippen LogP contribution in [0.3, 0.4) is 0 Å². The molecule has 5 aliphatic carbocycles. The van der Waals surface area contributed by atoms with E-state index in [1.807, 2.05) is 13.1 Å². The molecule has 3 nitrogen and oxygen atoms in total. The van der Waals surface area contributed by atoms with Crippen molar-refractivity contribution in [2.75, 3.05) is 7.05 Å². The van der Waals surface area contributed by atoms with Gasteiger partial charge in [0, 0.05) is 17.4 Å². The van der Waals surface area contributed by atoms with Crippen molar-refractivity contribution in [3.63, 3.8) is 0 Å². The molecule has 0 saturated heterocycles. The SMILES string of the molecule is CN[C@@H](C)[C@H]1[C@H](O)C[C@@]2(C)[C@@H]3CC[C@H]4C(C)(C)C(=O)C=C[C@]45CC35CC[C@]12C. The van der Waals surface area contributed by atoms with Gasteiger partial charge in [-0.25, -0.2) is 0 Å². The number of carbonyl (C=O) groups excluding carboxylic acids is 1. The third-order valence-corrected chi connectivity index (χ3v) is 11.4. The third-order valence-electron chi connectivity index (χ3n) is 11.4. The second-order valence-corrected chi connectivity index (χ2v) is 12.2. The molecule has 9 atom stereocenters. The summed E-state index contributed by atoms with van der Waals surface area (Å²) in [6.07, 6.45) is 11.2. The predicted octanol–water partition coefficient (Wildman–Crippen LogP) is 4.35. The normalized spacial score (nSPS) is 57.0. The minimum atomic E-state index is -0.219. The zero-order valence-electron chi connectivity index (χ0n) is 18.6. The molecule has 156 valence electrons. The third kappa shape index (κ3) is 1.84. The van der Waals surface area contributed by atoms with Gasteiger partial charge in [0.1, 0.15) is 0 Å². The van der Waals surface area contributed by atoms with E-state index >= 15 is 0 Å². The van der Waals surface area contributed by atoms with E-state index in [0.717, 1.165) is 6.42 Å². The van der Waals surface area contributed by atoms with Crippen LogP contribution in [0.15, 0.2) is 12.2 Å². The van der Waals surface area contributed by atoms with Crippen molar-refractivity contribution in [1.29, 1.82) is 0 Å². The molecule has 0 heterocycles. The standard InChI is InChI=1S/C25H39NO2/c1-15(26-6)20-16(27)13-23(5)18-8-7-17-21(2,3)19(28)9-10-24(17)14-25(18,24)12-11-22(20,23)4/h9-10,15-18,20,26-27H,7-8,11-14H2,1-6H3/t15-,16+,17-,18-,20-,22+,23-,24-,25?/m0/s1. The number of rotatable bonds is 2. The molecular weight excluding hydrogens is 346 g/mol. The van der Waals surface area contributed by atoms with E-state index < -0.39 is 0 Å². The number of aliphatic hydroxyl groups excluding tert-OH is 1. The molecule has 5 rings (SSSR count). The van der Waals surface area contributed by atoms with Gasteiger partial charge in [0.15, 0.2) is 5.78 Å². The molecule has 0 aromatic rings. The topological polar surface area (TPSA) is 49.3 Å². The summed E-state index contributed by atoms with van der Waals surface area (Å²) in [5.41, 5.74) is 0.772. The summed E-state index contributed by atoms with van der Waals surface area (Å²) in [6.45, 7) is 11.6. The summed E-state index contributed by atoms with van der Waals surface area (Å²) in [5.74, 6) is 1.83. The lowest BCUT2D eigenvalue weighted by Gasteiger charge is -2.61. The van der Waals surface area contributed by atoms with Crippen LogP contribution in [0.1, 0.15) is 73.1 Å². The maximum absolute atomic E-state index is 12.7. The molecule has 0 amide bonds. The number of ketones is 1. The molecule has 28 heavy (non-hydrogen) atoms. The van der Waals surface area contributed by atoms with Crippen molar-refractivity contribution in [2.24, 2.45) is 44.8 Å². The Kier molecular flexibility index (Phi) is 3.67. The van der Waals surface area contributed by atoms with Crippen LogP contribution < -0.4 is 5.32 Å². The lowest BCUT2D eigenvalue weighted by molar-refractivity contribution is -0.140. The fourth-order valence-corrected chi connectivity index (χ4v) is 9.78. The highest BCUT2D eigenvalue weighted by molar-refractivity contribution is 5.96. The smallest absolute Gasteiger partial charge is 0.161 e. The second kappa shape index (κ2) is 5.32. The van der Waals surface area contributed by atoms with Crippen molar-refractivity contribution < 1.29 is 9.90 Å². The molecule has 1 unspecified atom stereocenters. The van der Waals surface area contributed by atoms with Crippen LogP contribution in [-0.4, -0.2) is 30.1 Å². The first-order chi connectivity index (χ1) is 13.0. The highest BCUT2D eigenvalue weighted by Crippen LogP contribution is 2.87. The van der Waals surface area contributed by atoms with Crippen molar-refractivity contribution in [3.05, 3.63) is 12.2 Å². The molecular formula is C25H39NO2. The first kappa shape index (κ1) is 19.3. The van der Waals surface area contributed by atoms with Crippen LogP contribution in [0, 0.1) is 44.8 Å². The minimum absolute atomic E-state index is 0.186. The molecule has 0 aromatic heterocycles. The zero-order chi connectivity index (χ0) is 20.3. The Morgan fingerprint density at radius 1 is 1.11 bits per heavy atom. The van der Waals surface area contributed by atoms with Crippen LogP contribution in [0.2, 0.25) is 0 Å². The number of carbonyl (C=O) groups is 1. The maximum atomic E-state index is 12.7. The van der Waals surface area contributed by atoms with Gasteiger partial charge < -0.3 is 10.4 Å². The summed E-state index contributed by atoms with van der Waals surface area (Å²) in [6, 6.07) is 0.339. The first-order valence-electron chi connectivity index (χ1n) is 11.6. The fourth-order valence-electron chi connectivity index (χ4n) is 9.78. The van der Waals surface area contributed by atoms with Crippen molar-refractivity contribution >= 4 is 5.78 Å². The average Bonchev–Trinajstić information content (AvgIpc) is 3.24. The number of nitrogens with one attached hydrogen (secondary N) is 1. The van der Waals surface area contributed by atoms with E-state index in [1.165, 1.54) is 32.1 Å². The predicted molar refractivity (Wildman–Crippen MR) is 112 cm³/mol. The number of hydrogen-bond acceptors (Lipinski definition) is 3. The molecule has 5 aliphatic rings. The first-order valence-corrected chi connectivity index (χ1v) is 11.6. The average molecular weight is 386 g/mol. The lowest BCUT2D eigenvalue weighted by Crippen LogP contribution is -2.57. The monoisotopic (exact) mass is 385 g/mol. The number of allylic oxidation sites excluding steroid dienone is 2. The Labute approximate surface area is 170 Å². The molecule has 2 spiro atoms. The van der Waals surface area contributed by atoms with Crippen molar-refractivity contribution in [3.8, 4) is 0 Å². The van der Waals surface area contributed by atoms with Gasteiger partial charge in [0.05, 0.1) is 6.10 Å². The molecule has 0 radical (unpaired) electrons. The number of aliphatic hydroxyl groups is 1. The molecule has 4 fully saturated rings. The Bertz CT molecular complexity index is 758. The quantitative estimate of drug-likeness (QED) is 0.743. The zero-order valence-corrected chi connectivity index (χ0v) is 18.6. The summed E-state index contributed by atoms with van der Waals surface area (Å²) < 4.78 is 0. The number of hydrogen-bond donors (Lipinski definition) is 2. The van der Waals surface area contributed by atoms with E-state index in [2.05, 4.69) is 46.0 Å². The van der Waals surface area contributed by atoms with Gasteiger partial charge in [-0.05, 0) is 92.1 Å². The fraction of sp³-hybridized carbons (Fsp3) is 0.880. The minimum Gasteiger partial charge on any atom is -0.393 e. The van der Waals surface area contributed by atoms with E-state index in [-0.39, 0.29) is 27.8 Å². The Balaban J connectivity index is 1.57. The van der Waals surface area contributed by atoms with Gasteiger partial charge in [-0.15, -0.1) is 0 Å². The van der Waals surface area contributed by atoms with Crippen molar-refractivity contribution in [2.45, 2.75) is 85.3 Å². The lowest BCUT2D eigenvalue weighted by atomic mass is 9.42. The summed E-state index contributed by atoms with van der Waals surface area (Å²) >= 11 is 0. The molecule has 2 N–H and O–H groups in total. The summed E-state index contributed by atoms with van der Waals surface area (Å²) in [5, 5.41) is 14.6. The molecule has 3 heteroatoms. The van der Waals surface area contributed by atoms with E-state index in [1.54, 1.807) is 0 Å². The largest absolute Gasteiger partial charge is 0.393 e. The van der Waals surface area contributed by atoms with Crippen LogP contribution in [0.25, 0.3) is 0 Å². The van der Waals surface area contributed by atoms with Gasteiger partial charge in [-0.3, -0.25) is 4.79 Å². The van der Waals surface area contributed by atoms with E-state index in [9.17, 15) is 9.90 Å². The number of fused-ring (bicyclic) bond motifs is 2. The van der Waals surface area contributed by atoms with E-state index in [0.29, 0.717) is 35.0 Å². The molecule has 0 aromatic carbocycles. The second-order valence-electron chi connectivity index (χ2n) is 12.2. The Morgan fingerprint density at radius 3 is 2.46 bits per heavy atom. The van der Waals surface area contributed by atoms with Crippen LogP contribution in [0.4, 0.5) is 0 Å². The van der Waals surface area contributed by atoms with Gasteiger partial charge >= 0.3 is 0 Å². The maximum Gasteiger partial charge on any atom is 0.161 e. The highest BCUT2D eigenvalue weighted by atomic mass is 16.3. The van der Waals surface area contributed by atoms with Crippen LogP contribution in [0.5, 0.6) is 0 Å².